The largest absolute Gasteiger partial charge is 0.370 e. The van der Waals surface area contributed by atoms with Crippen LogP contribution in [0.4, 0.5) is 0 Å². The summed E-state index contributed by atoms with van der Waals surface area (Å²) in [5.74, 6) is 0.585. The van der Waals surface area contributed by atoms with Crippen molar-refractivity contribution in [1.82, 2.24) is 9.97 Å². The topological polar surface area (TPSA) is 71.8 Å². The van der Waals surface area contributed by atoms with Gasteiger partial charge >= 0.3 is 0 Å². The van der Waals surface area contributed by atoms with E-state index in [1.54, 1.807) is 6.20 Å². The van der Waals surface area contributed by atoms with Crippen LogP contribution in [0.2, 0.25) is 0 Å². The van der Waals surface area contributed by atoms with Gasteiger partial charge in [-0.3, -0.25) is 4.79 Å². The molecule has 0 saturated heterocycles. The minimum Gasteiger partial charge on any atom is -0.370 e. The number of rotatable bonds is 3. The van der Waals surface area contributed by atoms with Crippen LogP contribution in [-0.2, 0) is 11.2 Å². The Kier molecular flexibility index (Phi) is 2.25. The van der Waals surface area contributed by atoms with Crippen LogP contribution < -0.4 is 5.73 Å². The van der Waals surface area contributed by atoms with Crippen LogP contribution >= 0.6 is 0 Å². The Labute approximate surface area is 64.8 Å². The van der Waals surface area contributed by atoms with Crippen molar-refractivity contribution in [2.45, 2.75) is 19.8 Å². The number of nitrogens with zero attached hydrogens (tertiary/aromatic N) is 1. The summed E-state index contributed by atoms with van der Waals surface area (Å²) in [5.41, 5.74) is 5.93. The maximum absolute atomic E-state index is 10.4. The number of primary amides is 1. The average molecular weight is 153 g/mol. The van der Waals surface area contributed by atoms with Gasteiger partial charge in [0.2, 0.25) is 5.91 Å². The Morgan fingerprint density at radius 1 is 1.82 bits per heavy atom. The van der Waals surface area contributed by atoms with Crippen molar-refractivity contribution in [2.75, 3.05) is 0 Å². The first-order valence-corrected chi connectivity index (χ1v) is 3.47. The van der Waals surface area contributed by atoms with Gasteiger partial charge < -0.3 is 10.7 Å². The van der Waals surface area contributed by atoms with E-state index in [2.05, 4.69) is 9.97 Å². The third kappa shape index (κ3) is 2.41. The van der Waals surface area contributed by atoms with Crippen molar-refractivity contribution in [1.29, 1.82) is 0 Å². The molecule has 3 N–H and O–H groups in total. The number of nitrogens with one attached hydrogen (secondary N) is 1. The van der Waals surface area contributed by atoms with E-state index in [9.17, 15) is 4.79 Å². The average Bonchev–Trinajstić information content (AvgIpc) is 2.31. The number of carbonyl (C=O) groups excluding carboxylic acids is 1. The molecule has 11 heavy (non-hydrogen) atoms. The van der Waals surface area contributed by atoms with Crippen LogP contribution in [0.25, 0.3) is 0 Å². The van der Waals surface area contributed by atoms with Gasteiger partial charge in [-0.25, -0.2) is 4.98 Å². The van der Waals surface area contributed by atoms with E-state index < -0.39 is 0 Å². The van der Waals surface area contributed by atoms with Gasteiger partial charge in [0, 0.05) is 18.3 Å². The van der Waals surface area contributed by atoms with Crippen LogP contribution in [0, 0.1) is 6.92 Å². The Morgan fingerprint density at radius 3 is 3.00 bits per heavy atom. The Hall–Kier alpha value is -1.32. The van der Waals surface area contributed by atoms with Crippen molar-refractivity contribution >= 4 is 5.91 Å². The fraction of sp³-hybridized carbons (Fsp3) is 0.429. The van der Waals surface area contributed by atoms with Crippen molar-refractivity contribution in [3.63, 3.8) is 0 Å². The molecule has 0 aliphatic heterocycles. The van der Waals surface area contributed by atoms with E-state index in [0.717, 1.165) is 11.5 Å². The zero-order chi connectivity index (χ0) is 8.27. The molecule has 0 fully saturated rings. The van der Waals surface area contributed by atoms with E-state index in [1.165, 1.54) is 0 Å². The van der Waals surface area contributed by atoms with Gasteiger partial charge in [-0.05, 0) is 13.3 Å². The summed E-state index contributed by atoms with van der Waals surface area (Å²) < 4.78 is 0. The smallest absolute Gasteiger partial charge is 0.217 e. The summed E-state index contributed by atoms with van der Waals surface area (Å²) in [6.07, 6.45) is 2.75. The zero-order valence-electron chi connectivity index (χ0n) is 6.42. The van der Waals surface area contributed by atoms with Crippen molar-refractivity contribution < 1.29 is 4.79 Å². The molecule has 0 aliphatic carbocycles. The minimum atomic E-state index is -0.280. The number of hydrogen-bond donors (Lipinski definition) is 2. The van der Waals surface area contributed by atoms with E-state index >= 15 is 0 Å². The third-order valence-corrected chi connectivity index (χ3v) is 1.40. The molecule has 1 heterocycles. The first kappa shape index (κ1) is 7.78. The first-order valence-electron chi connectivity index (χ1n) is 3.47. The van der Waals surface area contributed by atoms with E-state index in [0.29, 0.717) is 12.8 Å². The summed E-state index contributed by atoms with van der Waals surface area (Å²) in [4.78, 5) is 17.4. The number of nitrogens with two attached hydrogens (primary N) is 1. The van der Waals surface area contributed by atoms with Gasteiger partial charge in [-0.15, -0.1) is 0 Å². The summed E-state index contributed by atoms with van der Waals surface area (Å²) in [7, 11) is 0. The molecule has 0 saturated carbocycles. The van der Waals surface area contributed by atoms with Gasteiger partial charge in [0.1, 0.15) is 5.82 Å². The highest BCUT2D eigenvalue weighted by molar-refractivity contribution is 5.73. The summed E-state index contributed by atoms with van der Waals surface area (Å²) in [6.45, 7) is 1.87. The van der Waals surface area contributed by atoms with Gasteiger partial charge in [-0.1, -0.05) is 0 Å². The van der Waals surface area contributed by atoms with Gasteiger partial charge in [0.25, 0.3) is 0 Å². The monoisotopic (exact) mass is 153 g/mol. The Balaban J connectivity index is 2.45. The van der Waals surface area contributed by atoms with Crippen molar-refractivity contribution in [3.8, 4) is 0 Å². The second-order valence-electron chi connectivity index (χ2n) is 2.46. The fourth-order valence-corrected chi connectivity index (χ4v) is 0.857. The van der Waals surface area contributed by atoms with Crippen LogP contribution in [0.1, 0.15) is 17.9 Å². The number of aromatic nitrogens is 2. The molecule has 1 aromatic rings. The lowest BCUT2D eigenvalue weighted by Gasteiger charge is -1.91. The molecule has 0 spiro atoms. The van der Waals surface area contributed by atoms with Gasteiger partial charge in [0.05, 0.1) is 0 Å². The Morgan fingerprint density at radius 2 is 2.55 bits per heavy atom. The SMILES string of the molecule is Cc1ncc(CCC(N)=O)[nH]1. The van der Waals surface area contributed by atoms with Gasteiger partial charge in [0.15, 0.2) is 0 Å². The highest BCUT2D eigenvalue weighted by Crippen LogP contribution is 1.98. The molecule has 4 nitrogen and oxygen atoms in total. The second-order valence-corrected chi connectivity index (χ2v) is 2.46. The maximum Gasteiger partial charge on any atom is 0.217 e. The molecule has 0 unspecified atom stereocenters. The molecule has 0 atom stereocenters. The zero-order valence-corrected chi connectivity index (χ0v) is 6.42. The number of aromatic amines is 1. The van der Waals surface area contributed by atoms with Crippen LogP contribution in [0.5, 0.6) is 0 Å². The number of imidazole rings is 1. The molecule has 1 rings (SSSR count). The second kappa shape index (κ2) is 3.18. The lowest BCUT2D eigenvalue weighted by molar-refractivity contribution is -0.118. The third-order valence-electron chi connectivity index (χ3n) is 1.40. The molecule has 4 heteroatoms. The highest BCUT2D eigenvalue weighted by Gasteiger charge is 1.98. The molecule has 0 aliphatic rings. The predicted molar refractivity (Wildman–Crippen MR) is 40.8 cm³/mol. The molecule has 0 aromatic carbocycles. The Bertz CT molecular complexity index is 254. The number of hydrogen-bond acceptors (Lipinski definition) is 2. The summed E-state index contributed by atoms with van der Waals surface area (Å²) >= 11 is 0. The molecule has 1 amide bonds. The minimum absolute atomic E-state index is 0.280. The summed E-state index contributed by atoms with van der Waals surface area (Å²) in [5, 5.41) is 0. The highest BCUT2D eigenvalue weighted by atomic mass is 16.1. The van der Waals surface area contributed by atoms with Gasteiger partial charge in [-0.2, -0.15) is 0 Å². The lowest BCUT2D eigenvalue weighted by Crippen LogP contribution is -2.11. The normalized spacial score (nSPS) is 9.91. The standard InChI is InChI=1S/C7H11N3O/c1-5-9-4-6(10-5)2-3-7(8)11/h4H,2-3H2,1H3,(H2,8,11)(H,9,10). The molecular weight excluding hydrogens is 142 g/mol. The van der Waals surface area contributed by atoms with E-state index in [4.69, 9.17) is 5.73 Å². The first-order chi connectivity index (χ1) is 5.18. The molecule has 60 valence electrons. The van der Waals surface area contributed by atoms with Crippen molar-refractivity contribution in [3.05, 3.63) is 17.7 Å². The molecule has 0 bridgehead atoms. The summed E-state index contributed by atoms with van der Waals surface area (Å²) in [6, 6.07) is 0. The maximum atomic E-state index is 10.4. The quantitative estimate of drug-likeness (QED) is 0.648. The van der Waals surface area contributed by atoms with E-state index in [1.807, 2.05) is 6.92 Å². The number of aryl methyl sites for hydroxylation is 2. The predicted octanol–water partition coefficient (Wildman–Crippen LogP) is 0.136. The number of carbonyl (C=O) groups is 1. The van der Waals surface area contributed by atoms with E-state index in [-0.39, 0.29) is 5.91 Å². The van der Waals surface area contributed by atoms with Crippen LogP contribution in [0.15, 0.2) is 6.20 Å². The molecular formula is C7H11N3O. The van der Waals surface area contributed by atoms with Crippen LogP contribution in [-0.4, -0.2) is 15.9 Å². The van der Waals surface area contributed by atoms with Crippen molar-refractivity contribution in [2.24, 2.45) is 5.73 Å². The number of H-pyrrole nitrogens is 1. The number of amides is 1. The molecule has 0 radical (unpaired) electrons. The van der Waals surface area contributed by atoms with Crippen LogP contribution in [0.3, 0.4) is 0 Å². The lowest BCUT2D eigenvalue weighted by atomic mass is 10.2. The molecule has 1 aromatic heterocycles. The fourth-order valence-electron chi connectivity index (χ4n) is 0.857.